The molecule has 2 aromatic rings. The number of hydrogen-bond donors (Lipinski definition) is 1. The molecule has 0 amide bonds. The van der Waals surface area contributed by atoms with Crippen molar-refractivity contribution in [2.24, 2.45) is 5.92 Å². The Hall–Kier alpha value is -1.35. The highest BCUT2D eigenvalue weighted by Gasteiger charge is 2.08. The van der Waals surface area contributed by atoms with Gasteiger partial charge in [0.2, 0.25) is 0 Å². The molecule has 104 valence electrons. The molecule has 1 unspecified atom stereocenters. The van der Waals surface area contributed by atoms with E-state index in [1.54, 1.807) is 0 Å². The molecule has 3 nitrogen and oxygen atoms in total. The number of para-hydroxylation sites is 2. The predicted molar refractivity (Wildman–Crippen MR) is 81.4 cm³/mol. The first kappa shape index (κ1) is 14.1. The van der Waals surface area contributed by atoms with Crippen LogP contribution < -0.4 is 5.32 Å². The monoisotopic (exact) mass is 259 g/mol. The Bertz CT molecular complexity index is 501. The quantitative estimate of drug-likeness (QED) is 0.770. The van der Waals surface area contributed by atoms with Crippen LogP contribution in [0.4, 0.5) is 0 Å². The van der Waals surface area contributed by atoms with Gasteiger partial charge in [-0.1, -0.05) is 26.0 Å². The maximum atomic E-state index is 4.45. The van der Waals surface area contributed by atoms with Gasteiger partial charge < -0.3 is 9.88 Å². The molecule has 0 saturated carbocycles. The molecule has 0 spiro atoms. The van der Waals surface area contributed by atoms with Crippen molar-refractivity contribution in [3.63, 3.8) is 0 Å². The summed E-state index contributed by atoms with van der Waals surface area (Å²) in [5.41, 5.74) is 2.33. The molecule has 1 N–H and O–H groups in total. The Morgan fingerprint density at radius 2 is 2.00 bits per heavy atom. The lowest BCUT2D eigenvalue weighted by Gasteiger charge is -2.15. The number of nitrogens with zero attached hydrogens (tertiary/aromatic N) is 2. The second-order valence-electron chi connectivity index (χ2n) is 5.73. The standard InChI is InChI=1S/C16H25N3/c1-13(2)11-17-10-6-7-14(3)19-12-18-15-8-4-5-9-16(15)19/h4-5,8-9,12-14,17H,6-7,10-11H2,1-3H3. The summed E-state index contributed by atoms with van der Waals surface area (Å²) in [7, 11) is 0. The summed E-state index contributed by atoms with van der Waals surface area (Å²) in [5.74, 6) is 0.731. The average Bonchev–Trinajstić information content (AvgIpc) is 2.81. The van der Waals surface area contributed by atoms with Crippen LogP contribution in [-0.2, 0) is 0 Å². The van der Waals surface area contributed by atoms with Crippen molar-refractivity contribution in [2.75, 3.05) is 13.1 Å². The molecule has 2 rings (SSSR count). The van der Waals surface area contributed by atoms with Crippen molar-refractivity contribution < 1.29 is 0 Å². The largest absolute Gasteiger partial charge is 0.328 e. The van der Waals surface area contributed by atoms with Gasteiger partial charge in [-0.15, -0.1) is 0 Å². The normalized spacial score (nSPS) is 13.3. The van der Waals surface area contributed by atoms with Gasteiger partial charge in [0, 0.05) is 6.04 Å². The van der Waals surface area contributed by atoms with Crippen LogP contribution in [-0.4, -0.2) is 22.6 Å². The third-order valence-corrected chi connectivity index (χ3v) is 3.48. The molecule has 1 atom stereocenters. The number of aromatic nitrogens is 2. The van der Waals surface area contributed by atoms with Crippen molar-refractivity contribution >= 4 is 11.0 Å². The summed E-state index contributed by atoms with van der Waals surface area (Å²) in [6.45, 7) is 8.98. The lowest BCUT2D eigenvalue weighted by molar-refractivity contribution is 0.471. The topological polar surface area (TPSA) is 29.9 Å². The Labute approximate surface area is 116 Å². The minimum atomic E-state index is 0.508. The van der Waals surface area contributed by atoms with Crippen molar-refractivity contribution in [1.82, 2.24) is 14.9 Å². The summed E-state index contributed by atoms with van der Waals surface area (Å²) < 4.78 is 2.29. The van der Waals surface area contributed by atoms with Gasteiger partial charge in [-0.25, -0.2) is 4.98 Å². The second-order valence-corrected chi connectivity index (χ2v) is 5.73. The van der Waals surface area contributed by atoms with Gasteiger partial charge in [-0.05, 0) is 50.9 Å². The fourth-order valence-electron chi connectivity index (χ4n) is 2.38. The first-order valence-corrected chi connectivity index (χ1v) is 7.30. The van der Waals surface area contributed by atoms with E-state index in [0.717, 1.165) is 24.5 Å². The van der Waals surface area contributed by atoms with E-state index in [2.05, 4.69) is 53.8 Å². The first-order valence-electron chi connectivity index (χ1n) is 7.30. The van der Waals surface area contributed by atoms with E-state index in [1.807, 2.05) is 12.4 Å². The molecule has 0 fully saturated rings. The van der Waals surface area contributed by atoms with E-state index in [1.165, 1.54) is 18.4 Å². The van der Waals surface area contributed by atoms with Crippen LogP contribution in [0.3, 0.4) is 0 Å². The van der Waals surface area contributed by atoms with Crippen LogP contribution in [0, 0.1) is 5.92 Å². The van der Waals surface area contributed by atoms with Crippen LogP contribution in [0.5, 0.6) is 0 Å². The third-order valence-electron chi connectivity index (χ3n) is 3.48. The molecule has 1 heterocycles. The number of nitrogens with one attached hydrogen (secondary N) is 1. The number of rotatable bonds is 7. The summed E-state index contributed by atoms with van der Waals surface area (Å²) >= 11 is 0. The molecule has 1 aromatic carbocycles. The fraction of sp³-hybridized carbons (Fsp3) is 0.562. The zero-order valence-electron chi connectivity index (χ0n) is 12.3. The number of benzene rings is 1. The van der Waals surface area contributed by atoms with Crippen molar-refractivity contribution in [1.29, 1.82) is 0 Å². The molecular weight excluding hydrogens is 234 g/mol. The lowest BCUT2D eigenvalue weighted by atomic mass is 10.1. The van der Waals surface area contributed by atoms with E-state index >= 15 is 0 Å². The van der Waals surface area contributed by atoms with Crippen LogP contribution >= 0.6 is 0 Å². The van der Waals surface area contributed by atoms with Gasteiger partial charge in [0.05, 0.1) is 17.4 Å². The second kappa shape index (κ2) is 6.71. The molecule has 3 heteroatoms. The van der Waals surface area contributed by atoms with E-state index in [4.69, 9.17) is 0 Å². The zero-order chi connectivity index (χ0) is 13.7. The third kappa shape index (κ3) is 3.80. The Morgan fingerprint density at radius 1 is 1.21 bits per heavy atom. The highest BCUT2D eigenvalue weighted by molar-refractivity contribution is 5.75. The smallest absolute Gasteiger partial charge is 0.0960 e. The van der Waals surface area contributed by atoms with Crippen LogP contribution in [0.25, 0.3) is 11.0 Å². The summed E-state index contributed by atoms with van der Waals surface area (Å²) in [4.78, 5) is 4.45. The molecule has 0 aliphatic heterocycles. The molecular formula is C16H25N3. The van der Waals surface area contributed by atoms with Crippen molar-refractivity contribution in [2.45, 2.75) is 39.7 Å². The van der Waals surface area contributed by atoms with Crippen LogP contribution in [0.1, 0.15) is 39.7 Å². The maximum absolute atomic E-state index is 4.45. The van der Waals surface area contributed by atoms with Crippen molar-refractivity contribution in [3.8, 4) is 0 Å². The Morgan fingerprint density at radius 3 is 2.79 bits per heavy atom. The van der Waals surface area contributed by atoms with E-state index in [0.29, 0.717) is 6.04 Å². The summed E-state index contributed by atoms with van der Waals surface area (Å²) in [6, 6.07) is 8.85. The first-order chi connectivity index (χ1) is 9.18. The molecule has 19 heavy (non-hydrogen) atoms. The van der Waals surface area contributed by atoms with E-state index in [-0.39, 0.29) is 0 Å². The van der Waals surface area contributed by atoms with E-state index in [9.17, 15) is 0 Å². The lowest BCUT2D eigenvalue weighted by Crippen LogP contribution is -2.21. The van der Waals surface area contributed by atoms with Crippen LogP contribution in [0.15, 0.2) is 30.6 Å². The average molecular weight is 259 g/mol. The van der Waals surface area contributed by atoms with Gasteiger partial charge in [0.15, 0.2) is 0 Å². The highest BCUT2D eigenvalue weighted by Crippen LogP contribution is 2.20. The Balaban J connectivity index is 1.84. The molecule has 0 aliphatic carbocycles. The molecule has 0 aliphatic rings. The molecule has 0 saturated heterocycles. The minimum absolute atomic E-state index is 0.508. The molecule has 1 aromatic heterocycles. The van der Waals surface area contributed by atoms with Gasteiger partial charge in [0.1, 0.15) is 0 Å². The summed E-state index contributed by atoms with van der Waals surface area (Å²) in [5, 5.41) is 3.50. The van der Waals surface area contributed by atoms with E-state index < -0.39 is 0 Å². The fourth-order valence-corrected chi connectivity index (χ4v) is 2.38. The maximum Gasteiger partial charge on any atom is 0.0960 e. The van der Waals surface area contributed by atoms with Gasteiger partial charge in [-0.3, -0.25) is 0 Å². The SMILES string of the molecule is CC(C)CNCCCC(C)n1cnc2ccccc21. The number of imidazole rings is 1. The minimum Gasteiger partial charge on any atom is -0.328 e. The highest BCUT2D eigenvalue weighted by atomic mass is 15.1. The molecule has 0 radical (unpaired) electrons. The predicted octanol–water partition coefficient (Wildman–Crippen LogP) is 3.62. The zero-order valence-corrected chi connectivity index (χ0v) is 12.3. The number of hydrogen-bond acceptors (Lipinski definition) is 2. The molecule has 0 bridgehead atoms. The number of fused-ring (bicyclic) bond motifs is 1. The van der Waals surface area contributed by atoms with Gasteiger partial charge in [-0.2, -0.15) is 0 Å². The Kier molecular flexibility index (Phi) is 4.97. The van der Waals surface area contributed by atoms with Crippen LogP contribution in [0.2, 0.25) is 0 Å². The van der Waals surface area contributed by atoms with Gasteiger partial charge >= 0.3 is 0 Å². The van der Waals surface area contributed by atoms with Gasteiger partial charge in [0.25, 0.3) is 0 Å². The summed E-state index contributed by atoms with van der Waals surface area (Å²) in [6.07, 6.45) is 4.36. The van der Waals surface area contributed by atoms with Crippen molar-refractivity contribution in [3.05, 3.63) is 30.6 Å².